The lowest BCUT2D eigenvalue weighted by Gasteiger charge is -2.19. The van der Waals surface area contributed by atoms with Gasteiger partial charge in [-0.2, -0.15) is 5.26 Å². The van der Waals surface area contributed by atoms with Crippen molar-refractivity contribution in [1.82, 2.24) is 5.32 Å². The van der Waals surface area contributed by atoms with E-state index in [9.17, 15) is 10.1 Å². The monoisotopic (exact) mass is 409 g/mol. The molecule has 0 saturated carbocycles. The summed E-state index contributed by atoms with van der Waals surface area (Å²) < 4.78 is 5.10. The summed E-state index contributed by atoms with van der Waals surface area (Å²) in [6, 6.07) is 13.4. The molecule has 1 aliphatic rings. The Balaban J connectivity index is 1.67. The van der Waals surface area contributed by atoms with Gasteiger partial charge in [-0.25, -0.2) is 0 Å². The van der Waals surface area contributed by atoms with E-state index in [0.717, 1.165) is 18.4 Å². The number of nitrogens with zero attached hydrogens (tertiary/aromatic N) is 1. The maximum atomic E-state index is 12.4. The van der Waals surface area contributed by atoms with Crippen LogP contribution in [-0.4, -0.2) is 13.0 Å². The number of benzene rings is 2. The van der Waals surface area contributed by atoms with Gasteiger partial charge in [-0.3, -0.25) is 4.79 Å². The third-order valence-electron chi connectivity index (χ3n) is 5.12. The molecule has 0 fully saturated rings. The van der Waals surface area contributed by atoms with Gasteiger partial charge in [0.25, 0.3) is 5.91 Å². The van der Waals surface area contributed by atoms with Crippen LogP contribution in [0.1, 0.15) is 42.5 Å². The first-order valence-corrected chi connectivity index (χ1v) is 10.0. The Morgan fingerprint density at radius 1 is 1.21 bits per heavy atom. The fraction of sp³-hybridized carbons (Fsp3) is 0.304. The molecule has 5 nitrogen and oxygen atoms in total. The normalized spacial score (nSPS) is 14.3. The van der Waals surface area contributed by atoms with Crippen LogP contribution in [-0.2, 0) is 17.6 Å². The number of carbonyl (C=O) groups excluding carboxylic acids is 1. The number of halogens is 1. The molecule has 0 heterocycles. The average Bonchev–Trinajstić information content (AvgIpc) is 2.73. The van der Waals surface area contributed by atoms with Crippen LogP contribution >= 0.6 is 11.6 Å². The molecule has 0 aromatic heterocycles. The number of anilines is 1. The van der Waals surface area contributed by atoms with E-state index in [1.165, 1.54) is 37.3 Å². The van der Waals surface area contributed by atoms with Gasteiger partial charge in [0.05, 0.1) is 12.1 Å². The molecule has 0 bridgehead atoms. The standard InChI is InChI=1S/C23H24ClN3O2/c1-15(17-8-7-16-5-3-4-6-18(16)11-17)26-14-19(13-25)23(28)27-20-9-10-22(29-2)21(24)12-20/h7-12,14-15,26H,3-6H2,1-2H3,(H,27,28)/b19-14-. The van der Waals surface area contributed by atoms with Crippen molar-refractivity contribution in [2.75, 3.05) is 12.4 Å². The molecular formula is C23H24ClN3O2. The summed E-state index contributed by atoms with van der Waals surface area (Å²) in [5, 5.41) is 15.6. The summed E-state index contributed by atoms with van der Waals surface area (Å²) in [6.07, 6.45) is 6.20. The van der Waals surface area contributed by atoms with Crippen molar-refractivity contribution < 1.29 is 9.53 Å². The quantitative estimate of drug-likeness (QED) is 0.524. The van der Waals surface area contributed by atoms with Crippen LogP contribution in [0.2, 0.25) is 5.02 Å². The Kier molecular flexibility index (Phi) is 6.79. The van der Waals surface area contributed by atoms with Crippen LogP contribution in [0.5, 0.6) is 5.75 Å². The fourth-order valence-electron chi connectivity index (χ4n) is 3.42. The average molecular weight is 410 g/mol. The molecule has 1 aliphatic carbocycles. The highest BCUT2D eigenvalue weighted by Gasteiger charge is 2.14. The maximum absolute atomic E-state index is 12.4. The largest absolute Gasteiger partial charge is 0.495 e. The number of methoxy groups -OCH3 is 1. The Morgan fingerprint density at radius 3 is 2.66 bits per heavy atom. The van der Waals surface area contributed by atoms with Crippen LogP contribution in [0.25, 0.3) is 0 Å². The van der Waals surface area contributed by atoms with Crippen LogP contribution in [0.15, 0.2) is 48.2 Å². The maximum Gasteiger partial charge on any atom is 0.267 e. The fourth-order valence-corrected chi connectivity index (χ4v) is 3.68. The molecule has 150 valence electrons. The summed E-state index contributed by atoms with van der Waals surface area (Å²) in [6.45, 7) is 2.01. The number of carbonyl (C=O) groups is 1. The minimum Gasteiger partial charge on any atom is -0.495 e. The highest BCUT2D eigenvalue weighted by atomic mass is 35.5. The first kappa shape index (κ1) is 20.8. The number of hydrogen-bond acceptors (Lipinski definition) is 4. The Morgan fingerprint density at radius 2 is 1.97 bits per heavy atom. The lowest BCUT2D eigenvalue weighted by atomic mass is 9.89. The summed E-state index contributed by atoms with van der Waals surface area (Å²) in [5.74, 6) is 0.0140. The second kappa shape index (κ2) is 9.49. The molecule has 2 aromatic rings. The third kappa shape index (κ3) is 5.10. The molecule has 2 aromatic carbocycles. The number of hydrogen-bond donors (Lipinski definition) is 2. The van der Waals surface area contributed by atoms with E-state index in [0.29, 0.717) is 16.5 Å². The molecule has 6 heteroatoms. The molecule has 1 atom stereocenters. The number of amides is 1. The molecule has 0 radical (unpaired) electrons. The Labute approximate surface area is 176 Å². The second-order valence-electron chi connectivity index (χ2n) is 7.10. The number of nitrogens with one attached hydrogen (secondary N) is 2. The topological polar surface area (TPSA) is 74.1 Å². The van der Waals surface area contributed by atoms with Crippen molar-refractivity contribution in [3.63, 3.8) is 0 Å². The number of nitriles is 1. The summed E-state index contributed by atoms with van der Waals surface area (Å²) in [4.78, 5) is 12.4. The molecule has 0 saturated heterocycles. The summed E-state index contributed by atoms with van der Waals surface area (Å²) >= 11 is 6.08. The van der Waals surface area contributed by atoms with Gasteiger partial charge in [-0.1, -0.05) is 29.8 Å². The van der Waals surface area contributed by atoms with E-state index in [1.807, 2.05) is 13.0 Å². The highest BCUT2D eigenvalue weighted by Crippen LogP contribution is 2.27. The molecule has 1 amide bonds. The van der Waals surface area contributed by atoms with Gasteiger partial charge in [-0.15, -0.1) is 0 Å². The number of ether oxygens (including phenoxy) is 1. The third-order valence-corrected chi connectivity index (χ3v) is 5.42. The van der Waals surface area contributed by atoms with Crippen molar-refractivity contribution in [3.8, 4) is 11.8 Å². The number of rotatable bonds is 6. The van der Waals surface area contributed by atoms with Crippen LogP contribution in [0, 0.1) is 11.3 Å². The van der Waals surface area contributed by atoms with E-state index in [4.69, 9.17) is 16.3 Å². The van der Waals surface area contributed by atoms with Gasteiger partial charge in [-0.05, 0) is 67.5 Å². The van der Waals surface area contributed by atoms with Crippen LogP contribution < -0.4 is 15.4 Å². The van der Waals surface area contributed by atoms with E-state index in [1.54, 1.807) is 18.2 Å². The van der Waals surface area contributed by atoms with E-state index in [-0.39, 0.29) is 11.6 Å². The second-order valence-corrected chi connectivity index (χ2v) is 7.50. The first-order valence-electron chi connectivity index (χ1n) is 9.64. The number of aryl methyl sites for hydroxylation is 2. The van der Waals surface area contributed by atoms with E-state index in [2.05, 4.69) is 28.8 Å². The zero-order chi connectivity index (χ0) is 20.8. The SMILES string of the molecule is COc1ccc(NC(=O)/C(C#N)=C\NC(C)c2ccc3c(c2)CCCC3)cc1Cl. The Hall–Kier alpha value is -2.97. The van der Waals surface area contributed by atoms with E-state index >= 15 is 0 Å². The van der Waals surface area contributed by atoms with Gasteiger partial charge >= 0.3 is 0 Å². The lowest BCUT2D eigenvalue weighted by molar-refractivity contribution is -0.112. The van der Waals surface area contributed by atoms with Gasteiger partial charge in [0.15, 0.2) is 0 Å². The van der Waals surface area contributed by atoms with Crippen molar-refractivity contribution in [1.29, 1.82) is 5.26 Å². The van der Waals surface area contributed by atoms with Gasteiger partial charge in [0.1, 0.15) is 17.4 Å². The smallest absolute Gasteiger partial charge is 0.267 e. The van der Waals surface area contributed by atoms with Crippen molar-refractivity contribution >= 4 is 23.2 Å². The molecule has 1 unspecified atom stereocenters. The minimum atomic E-state index is -0.501. The van der Waals surface area contributed by atoms with Gasteiger partial charge in [0, 0.05) is 17.9 Å². The van der Waals surface area contributed by atoms with Gasteiger partial charge in [0.2, 0.25) is 0 Å². The molecular weight excluding hydrogens is 386 g/mol. The van der Waals surface area contributed by atoms with Gasteiger partial charge < -0.3 is 15.4 Å². The van der Waals surface area contributed by atoms with Crippen molar-refractivity contribution in [3.05, 3.63) is 69.9 Å². The molecule has 29 heavy (non-hydrogen) atoms. The molecule has 0 aliphatic heterocycles. The first-order chi connectivity index (χ1) is 14.0. The van der Waals surface area contributed by atoms with E-state index < -0.39 is 5.91 Å². The molecule has 0 spiro atoms. The van der Waals surface area contributed by atoms with Crippen LogP contribution in [0.3, 0.4) is 0 Å². The highest BCUT2D eigenvalue weighted by molar-refractivity contribution is 6.32. The van der Waals surface area contributed by atoms with Crippen molar-refractivity contribution in [2.45, 2.75) is 38.6 Å². The minimum absolute atomic E-state index is 0.0123. The van der Waals surface area contributed by atoms with Crippen LogP contribution in [0.4, 0.5) is 5.69 Å². The lowest BCUT2D eigenvalue weighted by Crippen LogP contribution is -2.19. The summed E-state index contributed by atoms with van der Waals surface area (Å²) in [7, 11) is 1.52. The predicted octanol–water partition coefficient (Wildman–Crippen LogP) is 4.92. The zero-order valence-corrected chi connectivity index (χ0v) is 17.3. The molecule has 3 rings (SSSR count). The Bertz CT molecular complexity index is 979. The predicted molar refractivity (Wildman–Crippen MR) is 115 cm³/mol. The zero-order valence-electron chi connectivity index (χ0n) is 16.6. The summed E-state index contributed by atoms with van der Waals surface area (Å²) in [5.41, 5.74) is 4.45. The molecule has 2 N–H and O–H groups in total. The van der Waals surface area contributed by atoms with Crippen molar-refractivity contribution in [2.24, 2.45) is 0 Å². The number of fused-ring (bicyclic) bond motifs is 1.